The van der Waals surface area contributed by atoms with Crippen LogP contribution in [0.5, 0.6) is 5.75 Å². The van der Waals surface area contributed by atoms with Crippen molar-refractivity contribution in [3.05, 3.63) is 80.6 Å². The first-order chi connectivity index (χ1) is 17.7. The lowest BCUT2D eigenvalue weighted by Gasteiger charge is -2.44. The molecule has 0 atom stereocenters. The normalized spacial score (nSPS) is 21.1. The van der Waals surface area contributed by atoms with E-state index in [1.54, 1.807) is 30.3 Å². The fourth-order valence-electron chi connectivity index (χ4n) is 5.89. The molecule has 6 nitrogen and oxygen atoms in total. The van der Waals surface area contributed by atoms with Crippen molar-refractivity contribution in [1.82, 2.24) is 5.32 Å². The standard InChI is InChI=1S/C30H32BrNO5S/c1-17-6-9-19(10-7-17)38(35,36)37-25-11-8-18(31)12-20(25)26-27-21(13-29(2,3)15-23(27)33)32-22-14-30(4,5)16-24(34)28(22)26/h6-12,26,32H,13-16H2,1-5H3. The monoisotopic (exact) mass is 597 g/mol. The van der Waals surface area contributed by atoms with Gasteiger partial charge in [-0.25, -0.2) is 0 Å². The van der Waals surface area contributed by atoms with Crippen LogP contribution in [-0.2, 0) is 19.7 Å². The highest BCUT2D eigenvalue weighted by Crippen LogP contribution is 2.52. The van der Waals surface area contributed by atoms with E-state index < -0.39 is 16.0 Å². The minimum Gasteiger partial charge on any atom is -0.379 e. The average Bonchev–Trinajstić information content (AvgIpc) is 2.77. The number of dihydropyridines is 1. The van der Waals surface area contributed by atoms with Crippen molar-refractivity contribution in [3.8, 4) is 5.75 Å². The molecule has 2 aromatic carbocycles. The van der Waals surface area contributed by atoms with E-state index in [1.807, 2.05) is 6.92 Å². The lowest BCUT2D eigenvalue weighted by molar-refractivity contribution is -0.119. The smallest absolute Gasteiger partial charge is 0.339 e. The van der Waals surface area contributed by atoms with E-state index in [0.29, 0.717) is 46.9 Å². The molecule has 0 saturated carbocycles. The van der Waals surface area contributed by atoms with Crippen LogP contribution < -0.4 is 9.50 Å². The molecule has 2 aliphatic carbocycles. The van der Waals surface area contributed by atoms with Gasteiger partial charge >= 0.3 is 10.1 Å². The molecule has 5 rings (SSSR count). The highest BCUT2D eigenvalue weighted by Gasteiger charge is 2.47. The number of rotatable bonds is 4. The van der Waals surface area contributed by atoms with Crippen LogP contribution in [0.25, 0.3) is 0 Å². The Morgan fingerprint density at radius 3 is 1.89 bits per heavy atom. The third-order valence-corrected chi connectivity index (χ3v) is 9.25. The summed E-state index contributed by atoms with van der Waals surface area (Å²) in [5.41, 5.74) is 3.65. The number of nitrogens with one attached hydrogen (secondary N) is 1. The number of ketones is 2. The SMILES string of the molecule is Cc1ccc(S(=O)(=O)Oc2ccc(Br)cc2C2C3=C(CC(C)(C)CC3=O)NC3=C2C(=O)CC(C)(C)C3)cc1. The lowest BCUT2D eigenvalue weighted by atomic mass is 9.64. The highest BCUT2D eigenvalue weighted by atomic mass is 79.9. The molecular formula is C30H32BrNO5S. The first-order valence-electron chi connectivity index (χ1n) is 12.8. The summed E-state index contributed by atoms with van der Waals surface area (Å²) in [6.45, 7) is 10.1. The minimum atomic E-state index is -4.16. The van der Waals surface area contributed by atoms with E-state index in [4.69, 9.17) is 4.18 Å². The van der Waals surface area contributed by atoms with Gasteiger partial charge in [-0.1, -0.05) is 61.3 Å². The molecular weight excluding hydrogens is 566 g/mol. The first-order valence-corrected chi connectivity index (χ1v) is 15.0. The Morgan fingerprint density at radius 2 is 1.37 bits per heavy atom. The van der Waals surface area contributed by atoms with Crippen LogP contribution in [0.1, 0.15) is 70.4 Å². The zero-order chi connectivity index (χ0) is 27.6. The number of Topliss-reactive ketones (excluding diaryl/α,β-unsaturated/α-hetero) is 2. The molecule has 8 heteroatoms. The van der Waals surface area contributed by atoms with Crippen LogP contribution in [0.4, 0.5) is 0 Å². The van der Waals surface area contributed by atoms with Gasteiger partial charge in [0.05, 0.1) is 0 Å². The van der Waals surface area contributed by atoms with Crippen LogP contribution in [0.3, 0.4) is 0 Å². The molecule has 0 amide bonds. The molecule has 0 aromatic heterocycles. The van der Waals surface area contributed by atoms with Crippen molar-refractivity contribution in [3.63, 3.8) is 0 Å². The van der Waals surface area contributed by atoms with E-state index in [0.717, 1.165) is 17.0 Å². The van der Waals surface area contributed by atoms with Crippen molar-refractivity contribution >= 4 is 37.6 Å². The molecule has 0 spiro atoms. The van der Waals surface area contributed by atoms with Crippen LogP contribution in [0, 0.1) is 17.8 Å². The Balaban J connectivity index is 1.70. The van der Waals surface area contributed by atoms with Gasteiger partial charge in [-0.2, -0.15) is 8.42 Å². The van der Waals surface area contributed by atoms with Crippen molar-refractivity contribution in [2.45, 2.75) is 71.1 Å². The maximum atomic E-state index is 13.7. The molecule has 3 aliphatic rings. The topological polar surface area (TPSA) is 89.5 Å². The number of aryl methyl sites for hydroxylation is 1. The van der Waals surface area contributed by atoms with Gasteiger partial charge in [0.2, 0.25) is 0 Å². The van der Waals surface area contributed by atoms with Crippen LogP contribution in [-0.4, -0.2) is 20.0 Å². The third kappa shape index (κ3) is 5.00. The van der Waals surface area contributed by atoms with Crippen LogP contribution >= 0.6 is 15.9 Å². The molecule has 2 aromatic rings. The molecule has 1 heterocycles. The van der Waals surface area contributed by atoms with Gasteiger partial charge in [0.1, 0.15) is 10.6 Å². The Kier molecular flexibility index (Phi) is 6.50. The van der Waals surface area contributed by atoms with Crippen molar-refractivity contribution < 1.29 is 22.2 Å². The van der Waals surface area contributed by atoms with E-state index in [1.165, 1.54) is 12.1 Å². The van der Waals surface area contributed by atoms with Crippen LogP contribution in [0.15, 0.2) is 74.4 Å². The average molecular weight is 599 g/mol. The first kappa shape index (κ1) is 26.9. The van der Waals surface area contributed by atoms with E-state index in [9.17, 15) is 18.0 Å². The Bertz CT molecular complexity index is 1480. The van der Waals surface area contributed by atoms with Gasteiger partial charge < -0.3 is 9.50 Å². The second-order valence-electron chi connectivity index (χ2n) is 12.3. The lowest BCUT2D eigenvalue weighted by Crippen LogP contribution is -2.42. The molecule has 0 radical (unpaired) electrons. The van der Waals surface area contributed by atoms with Crippen molar-refractivity contribution in [2.75, 3.05) is 0 Å². The van der Waals surface area contributed by atoms with E-state index in [2.05, 4.69) is 48.9 Å². The Morgan fingerprint density at radius 1 is 0.842 bits per heavy atom. The largest absolute Gasteiger partial charge is 0.379 e. The Labute approximate surface area is 232 Å². The van der Waals surface area contributed by atoms with Crippen molar-refractivity contribution in [1.29, 1.82) is 0 Å². The summed E-state index contributed by atoms with van der Waals surface area (Å²) in [6, 6.07) is 11.5. The van der Waals surface area contributed by atoms with Gasteiger partial charge in [-0.3, -0.25) is 9.59 Å². The maximum Gasteiger partial charge on any atom is 0.339 e. The second-order valence-corrected chi connectivity index (χ2v) is 14.7. The van der Waals surface area contributed by atoms with Crippen LogP contribution in [0.2, 0.25) is 0 Å². The fourth-order valence-corrected chi connectivity index (χ4v) is 7.22. The van der Waals surface area contributed by atoms with Crippen molar-refractivity contribution in [2.24, 2.45) is 10.8 Å². The summed E-state index contributed by atoms with van der Waals surface area (Å²) in [7, 11) is -4.16. The third-order valence-electron chi connectivity index (χ3n) is 7.51. The summed E-state index contributed by atoms with van der Waals surface area (Å²) in [5, 5.41) is 3.49. The molecule has 0 bridgehead atoms. The van der Waals surface area contributed by atoms with Gasteiger partial charge in [-0.05, 0) is 60.9 Å². The number of benzene rings is 2. The molecule has 1 aliphatic heterocycles. The molecule has 0 fully saturated rings. The maximum absolute atomic E-state index is 13.7. The quantitative estimate of drug-likeness (QED) is 0.405. The number of hydrogen-bond donors (Lipinski definition) is 1. The molecule has 0 unspecified atom stereocenters. The number of hydrogen-bond acceptors (Lipinski definition) is 6. The summed E-state index contributed by atoms with van der Waals surface area (Å²) < 4.78 is 33.0. The number of carbonyl (C=O) groups is 2. The fraction of sp³-hybridized carbons (Fsp3) is 0.400. The predicted octanol–water partition coefficient (Wildman–Crippen LogP) is 6.50. The van der Waals surface area contributed by atoms with Gasteiger partial charge in [-0.15, -0.1) is 0 Å². The summed E-state index contributed by atoms with van der Waals surface area (Å²) in [6.07, 6.45) is 2.00. The molecule has 1 N–H and O–H groups in total. The number of carbonyl (C=O) groups excluding carboxylic acids is 2. The molecule has 200 valence electrons. The minimum absolute atomic E-state index is 0.0353. The summed E-state index contributed by atoms with van der Waals surface area (Å²) in [5.74, 6) is -0.681. The highest BCUT2D eigenvalue weighted by molar-refractivity contribution is 9.10. The van der Waals surface area contributed by atoms with Gasteiger partial charge in [0.25, 0.3) is 0 Å². The Hall–Kier alpha value is -2.71. The summed E-state index contributed by atoms with van der Waals surface area (Å²) >= 11 is 3.52. The van der Waals surface area contributed by atoms with E-state index in [-0.39, 0.29) is 33.0 Å². The number of allylic oxidation sites excluding steroid dienone is 4. The zero-order valence-electron chi connectivity index (χ0n) is 22.3. The van der Waals surface area contributed by atoms with Gasteiger partial charge in [0.15, 0.2) is 11.6 Å². The molecule has 38 heavy (non-hydrogen) atoms. The zero-order valence-corrected chi connectivity index (χ0v) is 24.7. The van der Waals surface area contributed by atoms with Gasteiger partial charge in [0, 0.05) is 51.3 Å². The van der Waals surface area contributed by atoms with E-state index >= 15 is 0 Å². The molecule has 0 saturated heterocycles. The summed E-state index contributed by atoms with van der Waals surface area (Å²) in [4.78, 5) is 27.4. The number of halogens is 1. The predicted molar refractivity (Wildman–Crippen MR) is 149 cm³/mol. The second kappa shape index (κ2) is 9.19.